The first-order valence-corrected chi connectivity index (χ1v) is 7.66. The number of ketones is 1. The lowest BCUT2D eigenvalue weighted by Gasteiger charge is -2.38. The molecule has 1 aromatic carbocycles. The summed E-state index contributed by atoms with van der Waals surface area (Å²) in [6, 6.07) is 8.75. The molecule has 1 aromatic rings. The van der Waals surface area contributed by atoms with Crippen molar-refractivity contribution in [3.8, 4) is 0 Å². The highest BCUT2D eigenvalue weighted by molar-refractivity contribution is 6.01. The zero-order valence-corrected chi connectivity index (χ0v) is 12.2. The highest BCUT2D eigenvalue weighted by Gasteiger charge is 2.24. The van der Waals surface area contributed by atoms with Crippen molar-refractivity contribution in [1.82, 2.24) is 0 Å². The molecule has 0 aromatic heterocycles. The van der Waals surface area contributed by atoms with Gasteiger partial charge in [-0.15, -0.1) is 0 Å². The highest BCUT2D eigenvalue weighted by Crippen LogP contribution is 2.30. The van der Waals surface area contributed by atoms with Gasteiger partial charge in [0.1, 0.15) is 0 Å². The summed E-state index contributed by atoms with van der Waals surface area (Å²) in [5.74, 6) is 0.261. The average molecular weight is 259 g/mol. The summed E-state index contributed by atoms with van der Waals surface area (Å²) in [7, 11) is 0. The SMILES string of the molecule is CCCC1CCCCN1c1ccccc1C(=O)CC. The van der Waals surface area contributed by atoms with Gasteiger partial charge in [-0.3, -0.25) is 4.79 Å². The molecule has 19 heavy (non-hydrogen) atoms. The Morgan fingerprint density at radius 1 is 1.26 bits per heavy atom. The summed E-state index contributed by atoms with van der Waals surface area (Å²) in [5, 5.41) is 0. The van der Waals surface area contributed by atoms with Gasteiger partial charge in [-0.05, 0) is 37.8 Å². The van der Waals surface area contributed by atoms with E-state index in [9.17, 15) is 4.79 Å². The van der Waals surface area contributed by atoms with Gasteiger partial charge < -0.3 is 4.90 Å². The first kappa shape index (κ1) is 14.1. The molecule has 1 atom stereocenters. The molecule has 2 heteroatoms. The fourth-order valence-electron chi connectivity index (χ4n) is 3.10. The summed E-state index contributed by atoms with van der Waals surface area (Å²) >= 11 is 0. The third-order valence-electron chi connectivity index (χ3n) is 4.08. The number of carbonyl (C=O) groups excluding carboxylic acids is 1. The summed E-state index contributed by atoms with van der Waals surface area (Å²) < 4.78 is 0. The third kappa shape index (κ3) is 3.17. The zero-order chi connectivity index (χ0) is 13.7. The minimum Gasteiger partial charge on any atom is -0.368 e. The molecule has 2 nitrogen and oxygen atoms in total. The lowest BCUT2D eigenvalue weighted by molar-refractivity contribution is 0.0988. The van der Waals surface area contributed by atoms with E-state index in [1.807, 2.05) is 19.1 Å². The number of para-hydroxylation sites is 1. The maximum Gasteiger partial charge on any atom is 0.164 e. The largest absolute Gasteiger partial charge is 0.368 e. The Hall–Kier alpha value is -1.31. The maximum absolute atomic E-state index is 12.1. The van der Waals surface area contributed by atoms with E-state index in [-0.39, 0.29) is 5.78 Å². The minimum atomic E-state index is 0.261. The van der Waals surface area contributed by atoms with Gasteiger partial charge in [-0.25, -0.2) is 0 Å². The van der Waals surface area contributed by atoms with Crippen LogP contribution in [0, 0.1) is 0 Å². The van der Waals surface area contributed by atoms with Crippen LogP contribution in [-0.2, 0) is 0 Å². The topological polar surface area (TPSA) is 20.3 Å². The third-order valence-corrected chi connectivity index (χ3v) is 4.08. The summed E-state index contributed by atoms with van der Waals surface area (Å²) in [4.78, 5) is 14.6. The number of hydrogen-bond acceptors (Lipinski definition) is 2. The molecule has 1 heterocycles. The molecule has 1 unspecified atom stereocenters. The quantitative estimate of drug-likeness (QED) is 0.729. The smallest absolute Gasteiger partial charge is 0.164 e. The van der Waals surface area contributed by atoms with Crippen LogP contribution in [0.25, 0.3) is 0 Å². The standard InChI is InChI=1S/C17H25NO/c1-3-9-14-10-7-8-13-18(14)16-12-6-5-11-15(16)17(19)4-2/h5-6,11-12,14H,3-4,7-10,13H2,1-2H3. The molecule has 1 aliphatic heterocycles. The predicted octanol–water partition coefficient (Wildman–Crippen LogP) is 4.44. The average Bonchev–Trinajstić information content (AvgIpc) is 2.47. The van der Waals surface area contributed by atoms with E-state index in [1.54, 1.807) is 0 Å². The van der Waals surface area contributed by atoms with Gasteiger partial charge in [0.2, 0.25) is 0 Å². The van der Waals surface area contributed by atoms with Crippen LogP contribution in [0.3, 0.4) is 0 Å². The van der Waals surface area contributed by atoms with E-state index in [1.165, 1.54) is 32.1 Å². The van der Waals surface area contributed by atoms with Crippen LogP contribution in [0.1, 0.15) is 62.7 Å². The molecule has 1 saturated heterocycles. The molecule has 0 spiro atoms. The van der Waals surface area contributed by atoms with Crippen molar-refractivity contribution in [3.63, 3.8) is 0 Å². The number of rotatable bonds is 5. The van der Waals surface area contributed by atoms with E-state index >= 15 is 0 Å². The normalized spacial score (nSPS) is 19.5. The lowest BCUT2D eigenvalue weighted by Crippen LogP contribution is -2.40. The Morgan fingerprint density at radius 2 is 2.05 bits per heavy atom. The number of anilines is 1. The summed E-state index contributed by atoms with van der Waals surface area (Å²) in [6.07, 6.45) is 6.87. The highest BCUT2D eigenvalue weighted by atomic mass is 16.1. The van der Waals surface area contributed by atoms with Gasteiger partial charge in [0.05, 0.1) is 0 Å². The van der Waals surface area contributed by atoms with Crippen LogP contribution >= 0.6 is 0 Å². The second-order valence-corrected chi connectivity index (χ2v) is 5.43. The fraction of sp³-hybridized carbons (Fsp3) is 0.588. The lowest BCUT2D eigenvalue weighted by atomic mass is 9.95. The van der Waals surface area contributed by atoms with E-state index in [0.29, 0.717) is 12.5 Å². The number of Topliss-reactive ketones (excluding diaryl/α,β-unsaturated/α-hetero) is 1. The second-order valence-electron chi connectivity index (χ2n) is 5.43. The van der Waals surface area contributed by atoms with Crippen LogP contribution in [-0.4, -0.2) is 18.4 Å². The van der Waals surface area contributed by atoms with E-state index < -0.39 is 0 Å². The molecule has 2 rings (SSSR count). The molecule has 104 valence electrons. The first-order valence-electron chi connectivity index (χ1n) is 7.66. The Morgan fingerprint density at radius 3 is 2.79 bits per heavy atom. The molecule has 0 saturated carbocycles. The van der Waals surface area contributed by atoms with E-state index in [2.05, 4.69) is 24.0 Å². The summed E-state index contributed by atoms with van der Waals surface area (Å²) in [5.41, 5.74) is 2.07. The Kier molecular flexibility index (Phi) is 5.00. The molecule has 0 amide bonds. The van der Waals surface area contributed by atoms with Crippen molar-refractivity contribution < 1.29 is 4.79 Å². The van der Waals surface area contributed by atoms with Crippen LogP contribution in [0.2, 0.25) is 0 Å². The van der Waals surface area contributed by atoms with Crippen molar-refractivity contribution in [1.29, 1.82) is 0 Å². The van der Waals surface area contributed by atoms with Crippen molar-refractivity contribution in [3.05, 3.63) is 29.8 Å². The number of hydrogen-bond donors (Lipinski definition) is 0. The number of nitrogens with zero attached hydrogens (tertiary/aromatic N) is 1. The van der Waals surface area contributed by atoms with Crippen molar-refractivity contribution in [2.24, 2.45) is 0 Å². The van der Waals surface area contributed by atoms with Crippen LogP contribution in [0.15, 0.2) is 24.3 Å². The van der Waals surface area contributed by atoms with Gasteiger partial charge in [0, 0.05) is 30.3 Å². The van der Waals surface area contributed by atoms with Crippen molar-refractivity contribution in [2.45, 2.75) is 58.4 Å². The maximum atomic E-state index is 12.1. The van der Waals surface area contributed by atoms with E-state index in [4.69, 9.17) is 0 Å². The monoisotopic (exact) mass is 259 g/mol. The Balaban J connectivity index is 2.30. The van der Waals surface area contributed by atoms with Gasteiger partial charge in [0.15, 0.2) is 5.78 Å². The van der Waals surface area contributed by atoms with Crippen molar-refractivity contribution in [2.75, 3.05) is 11.4 Å². The molecule has 1 fully saturated rings. The van der Waals surface area contributed by atoms with Crippen molar-refractivity contribution >= 4 is 11.5 Å². The van der Waals surface area contributed by atoms with Crippen LogP contribution in [0.5, 0.6) is 0 Å². The number of benzene rings is 1. The Labute approximate surface area is 116 Å². The molecule has 0 radical (unpaired) electrons. The zero-order valence-electron chi connectivity index (χ0n) is 12.2. The van der Waals surface area contributed by atoms with Gasteiger partial charge in [-0.1, -0.05) is 32.4 Å². The van der Waals surface area contributed by atoms with Gasteiger partial charge >= 0.3 is 0 Å². The molecular formula is C17H25NO. The van der Waals surface area contributed by atoms with E-state index in [0.717, 1.165) is 17.8 Å². The minimum absolute atomic E-state index is 0.261. The first-order chi connectivity index (χ1) is 9.27. The molecule has 1 aliphatic rings. The predicted molar refractivity (Wildman–Crippen MR) is 81.0 cm³/mol. The molecule has 0 N–H and O–H groups in total. The second kappa shape index (κ2) is 6.74. The van der Waals surface area contributed by atoms with Crippen LogP contribution < -0.4 is 4.90 Å². The summed E-state index contributed by atoms with van der Waals surface area (Å²) in [6.45, 7) is 5.29. The van der Waals surface area contributed by atoms with Gasteiger partial charge in [-0.2, -0.15) is 0 Å². The van der Waals surface area contributed by atoms with Gasteiger partial charge in [0.25, 0.3) is 0 Å². The van der Waals surface area contributed by atoms with Crippen LogP contribution in [0.4, 0.5) is 5.69 Å². The molecule has 0 aliphatic carbocycles. The number of piperidine rings is 1. The molecule has 0 bridgehead atoms. The molecular weight excluding hydrogens is 234 g/mol. The Bertz CT molecular complexity index is 425. The fourth-order valence-corrected chi connectivity index (χ4v) is 3.10. The number of carbonyl (C=O) groups is 1.